The lowest BCUT2D eigenvalue weighted by atomic mass is 9.98. The number of benzene rings is 2. The molecule has 2 aromatic rings. The summed E-state index contributed by atoms with van der Waals surface area (Å²) in [5, 5.41) is 0. The van der Waals surface area contributed by atoms with Gasteiger partial charge >= 0.3 is 0 Å². The summed E-state index contributed by atoms with van der Waals surface area (Å²) in [7, 11) is 1.69. The van der Waals surface area contributed by atoms with E-state index < -0.39 is 0 Å². The monoisotopic (exact) mass is 505 g/mol. The van der Waals surface area contributed by atoms with Crippen molar-refractivity contribution in [2.24, 2.45) is 0 Å². The highest BCUT2D eigenvalue weighted by atomic mass is 79.9. The van der Waals surface area contributed by atoms with E-state index in [2.05, 4.69) is 35.8 Å². The molecule has 1 amide bonds. The SMILES string of the molecule is CCC(C)c1ccccc1OCCOc1ccc(Br)cc1C=C1SC(=S)N(C)C1=O. The molecular formula is C23H24BrNO3S2. The molecule has 1 fully saturated rings. The van der Waals surface area contributed by atoms with Crippen molar-refractivity contribution in [2.45, 2.75) is 26.2 Å². The molecule has 0 aliphatic carbocycles. The van der Waals surface area contributed by atoms with Crippen molar-refractivity contribution in [3.63, 3.8) is 0 Å². The van der Waals surface area contributed by atoms with E-state index in [4.69, 9.17) is 21.7 Å². The van der Waals surface area contributed by atoms with Crippen LogP contribution in [0.5, 0.6) is 11.5 Å². The number of para-hydroxylation sites is 1. The van der Waals surface area contributed by atoms with E-state index in [1.807, 2.05) is 42.5 Å². The summed E-state index contributed by atoms with van der Waals surface area (Å²) in [6.45, 7) is 5.20. The van der Waals surface area contributed by atoms with E-state index in [1.165, 1.54) is 22.2 Å². The van der Waals surface area contributed by atoms with Crippen LogP contribution < -0.4 is 9.47 Å². The molecule has 1 aliphatic heterocycles. The smallest absolute Gasteiger partial charge is 0.265 e. The van der Waals surface area contributed by atoms with Crippen LogP contribution in [0.2, 0.25) is 0 Å². The number of likely N-dealkylation sites (N-methyl/N-ethyl adjacent to an activating group) is 1. The normalized spacial score (nSPS) is 16.3. The maximum absolute atomic E-state index is 12.3. The van der Waals surface area contributed by atoms with Crippen molar-refractivity contribution in [1.82, 2.24) is 4.90 Å². The predicted molar refractivity (Wildman–Crippen MR) is 131 cm³/mol. The average molecular weight is 506 g/mol. The fourth-order valence-corrected chi connectivity index (χ4v) is 4.54. The van der Waals surface area contributed by atoms with E-state index in [9.17, 15) is 4.79 Å². The lowest BCUT2D eigenvalue weighted by molar-refractivity contribution is -0.121. The molecule has 3 rings (SSSR count). The maximum atomic E-state index is 12.3. The number of thioether (sulfide) groups is 1. The average Bonchev–Trinajstić information content (AvgIpc) is 2.98. The number of hydrogen-bond donors (Lipinski definition) is 0. The minimum absolute atomic E-state index is 0.0964. The van der Waals surface area contributed by atoms with Crippen molar-refractivity contribution in [3.8, 4) is 11.5 Å². The molecule has 0 radical (unpaired) electrons. The molecule has 4 nitrogen and oxygen atoms in total. The molecule has 0 aromatic heterocycles. The molecule has 0 saturated carbocycles. The van der Waals surface area contributed by atoms with Gasteiger partial charge in [-0.15, -0.1) is 0 Å². The molecule has 158 valence electrons. The fraction of sp³-hybridized carbons (Fsp3) is 0.304. The molecular weight excluding hydrogens is 482 g/mol. The highest BCUT2D eigenvalue weighted by Crippen LogP contribution is 2.34. The second kappa shape index (κ2) is 10.5. The lowest BCUT2D eigenvalue weighted by Gasteiger charge is -2.16. The van der Waals surface area contributed by atoms with Gasteiger partial charge in [-0.2, -0.15) is 0 Å². The van der Waals surface area contributed by atoms with Gasteiger partial charge in [0.15, 0.2) is 0 Å². The molecule has 1 aliphatic rings. The van der Waals surface area contributed by atoms with Gasteiger partial charge in [-0.25, -0.2) is 0 Å². The van der Waals surface area contributed by atoms with Gasteiger partial charge in [-0.1, -0.05) is 72.0 Å². The van der Waals surface area contributed by atoms with Crippen LogP contribution in [-0.2, 0) is 4.79 Å². The summed E-state index contributed by atoms with van der Waals surface area (Å²) in [6, 6.07) is 13.9. The zero-order valence-corrected chi connectivity index (χ0v) is 20.4. The Balaban J connectivity index is 1.67. The third-order valence-corrected chi connectivity index (χ3v) is 6.88. The van der Waals surface area contributed by atoms with Crippen LogP contribution in [0.3, 0.4) is 0 Å². The van der Waals surface area contributed by atoms with Crippen LogP contribution >= 0.6 is 39.9 Å². The van der Waals surface area contributed by atoms with Gasteiger partial charge in [0, 0.05) is 17.1 Å². The van der Waals surface area contributed by atoms with Gasteiger partial charge in [0.1, 0.15) is 29.0 Å². The van der Waals surface area contributed by atoms with Crippen LogP contribution in [0, 0.1) is 0 Å². The first-order valence-electron chi connectivity index (χ1n) is 9.76. The van der Waals surface area contributed by atoms with Crippen LogP contribution in [0.15, 0.2) is 51.8 Å². The zero-order chi connectivity index (χ0) is 21.7. The molecule has 30 heavy (non-hydrogen) atoms. The number of thiocarbonyl (C=S) groups is 1. The van der Waals surface area contributed by atoms with Crippen molar-refractivity contribution in [3.05, 3.63) is 63.0 Å². The van der Waals surface area contributed by atoms with Crippen molar-refractivity contribution in [1.29, 1.82) is 0 Å². The summed E-state index contributed by atoms with van der Waals surface area (Å²) in [6.07, 6.45) is 2.88. The molecule has 1 unspecified atom stereocenters. The second-order valence-electron chi connectivity index (χ2n) is 6.97. The lowest BCUT2D eigenvalue weighted by Crippen LogP contribution is -2.22. The largest absolute Gasteiger partial charge is 0.490 e. The Hall–Kier alpha value is -1.83. The summed E-state index contributed by atoms with van der Waals surface area (Å²) >= 11 is 9.99. The fourth-order valence-electron chi connectivity index (χ4n) is 2.99. The maximum Gasteiger partial charge on any atom is 0.265 e. The quantitative estimate of drug-likeness (QED) is 0.240. The summed E-state index contributed by atoms with van der Waals surface area (Å²) < 4.78 is 13.4. The molecule has 7 heteroatoms. The van der Waals surface area contributed by atoms with E-state index in [-0.39, 0.29) is 5.91 Å². The van der Waals surface area contributed by atoms with Crippen molar-refractivity contribution < 1.29 is 14.3 Å². The summed E-state index contributed by atoms with van der Waals surface area (Å²) in [5.74, 6) is 1.94. The minimum Gasteiger partial charge on any atom is -0.490 e. The summed E-state index contributed by atoms with van der Waals surface area (Å²) in [5.41, 5.74) is 2.03. The van der Waals surface area contributed by atoms with Gasteiger partial charge in [0.05, 0.1) is 4.91 Å². The number of carbonyl (C=O) groups is 1. The number of amides is 1. The molecule has 0 bridgehead atoms. The van der Waals surface area contributed by atoms with Gasteiger partial charge in [0.2, 0.25) is 0 Å². The number of nitrogens with zero attached hydrogens (tertiary/aromatic N) is 1. The van der Waals surface area contributed by atoms with E-state index >= 15 is 0 Å². The molecule has 1 saturated heterocycles. The first-order chi connectivity index (χ1) is 14.4. The standard InChI is InChI=1S/C23H24BrNO3S2/c1-4-15(2)18-7-5-6-8-20(18)28-12-11-27-19-10-9-17(24)13-16(19)14-21-22(26)25(3)23(29)30-21/h5-10,13-15H,4,11-12H2,1-3H3. The third kappa shape index (κ3) is 5.45. The number of ether oxygens (including phenoxy) is 2. The van der Waals surface area contributed by atoms with Crippen LogP contribution in [-0.4, -0.2) is 35.4 Å². The third-order valence-electron chi connectivity index (χ3n) is 4.91. The van der Waals surface area contributed by atoms with Crippen LogP contribution in [0.25, 0.3) is 6.08 Å². The van der Waals surface area contributed by atoms with Gasteiger partial charge < -0.3 is 9.47 Å². The van der Waals surface area contributed by atoms with E-state index in [1.54, 1.807) is 7.05 Å². The Morgan fingerprint density at radius 2 is 1.87 bits per heavy atom. The highest BCUT2D eigenvalue weighted by molar-refractivity contribution is 9.10. The zero-order valence-electron chi connectivity index (χ0n) is 17.2. The Kier molecular flexibility index (Phi) is 7.97. The Morgan fingerprint density at radius 3 is 2.53 bits per heavy atom. The molecule has 0 spiro atoms. The number of carbonyl (C=O) groups excluding carboxylic acids is 1. The molecule has 1 heterocycles. The van der Waals surface area contributed by atoms with Crippen LogP contribution in [0.4, 0.5) is 0 Å². The van der Waals surface area contributed by atoms with E-state index in [0.29, 0.717) is 34.1 Å². The molecule has 0 N–H and O–H groups in total. The predicted octanol–water partition coefficient (Wildman–Crippen LogP) is 6.25. The second-order valence-corrected chi connectivity index (χ2v) is 9.56. The number of rotatable bonds is 8. The molecule has 1 atom stereocenters. The minimum atomic E-state index is -0.0964. The van der Waals surface area contributed by atoms with Gasteiger partial charge in [-0.3, -0.25) is 9.69 Å². The first kappa shape index (κ1) is 22.8. The van der Waals surface area contributed by atoms with Gasteiger partial charge in [-0.05, 0) is 48.2 Å². The Bertz CT molecular complexity index is 977. The van der Waals surface area contributed by atoms with Crippen molar-refractivity contribution in [2.75, 3.05) is 20.3 Å². The molecule has 2 aromatic carbocycles. The topological polar surface area (TPSA) is 38.8 Å². The number of hydrogen-bond acceptors (Lipinski definition) is 5. The first-order valence-corrected chi connectivity index (χ1v) is 11.8. The summed E-state index contributed by atoms with van der Waals surface area (Å²) in [4.78, 5) is 14.4. The highest BCUT2D eigenvalue weighted by Gasteiger charge is 2.29. The van der Waals surface area contributed by atoms with Crippen LogP contribution in [0.1, 0.15) is 37.3 Å². The van der Waals surface area contributed by atoms with Crippen molar-refractivity contribution >= 4 is 56.2 Å². The Labute approximate surface area is 195 Å². The van der Waals surface area contributed by atoms with Gasteiger partial charge in [0.25, 0.3) is 5.91 Å². The number of halogens is 1. The Morgan fingerprint density at radius 1 is 1.17 bits per heavy atom. The van der Waals surface area contributed by atoms with E-state index in [0.717, 1.165) is 22.2 Å².